The van der Waals surface area contributed by atoms with E-state index >= 15 is 0 Å². The molecular formula is C23H26N4OS. The van der Waals surface area contributed by atoms with Gasteiger partial charge in [-0.2, -0.15) is 0 Å². The van der Waals surface area contributed by atoms with Crippen LogP contribution >= 0.6 is 12.2 Å². The van der Waals surface area contributed by atoms with E-state index in [2.05, 4.69) is 53.3 Å². The third-order valence-electron chi connectivity index (χ3n) is 5.69. The van der Waals surface area contributed by atoms with Gasteiger partial charge in [-0.3, -0.25) is 14.3 Å². The number of nitrogens with zero attached hydrogens (tertiary/aromatic N) is 2. The maximum atomic E-state index is 13.0. The van der Waals surface area contributed by atoms with Crippen LogP contribution in [0.2, 0.25) is 0 Å². The number of aromatic nitrogens is 2. The fourth-order valence-corrected chi connectivity index (χ4v) is 4.14. The average Bonchev–Trinajstić information content (AvgIpc) is 3.14. The Bertz CT molecular complexity index is 1070. The molecule has 1 aliphatic rings. The molecule has 0 bridgehead atoms. The second-order valence-electron chi connectivity index (χ2n) is 8.09. The Hall–Kier alpha value is -2.70. The summed E-state index contributed by atoms with van der Waals surface area (Å²) >= 11 is 5.39. The monoisotopic (exact) mass is 406 g/mol. The van der Waals surface area contributed by atoms with Gasteiger partial charge in [0.05, 0.1) is 0 Å². The van der Waals surface area contributed by atoms with Crippen LogP contribution in [0.3, 0.4) is 0 Å². The highest BCUT2D eigenvalue weighted by atomic mass is 32.1. The zero-order valence-corrected chi connectivity index (χ0v) is 17.6. The van der Waals surface area contributed by atoms with Crippen molar-refractivity contribution in [2.75, 3.05) is 13.1 Å². The van der Waals surface area contributed by atoms with Gasteiger partial charge in [0.2, 0.25) is 0 Å². The van der Waals surface area contributed by atoms with Crippen molar-refractivity contribution in [2.45, 2.75) is 32.4 Å². The third-order valence-corrected chi connectivity index (χ3v) is 5.99. The summed E-state index contributed by atoms with van der Waals surface area (Å²) in [7, 11) is 0. The number of hydrogen-bond acceptors (Lipinski definition) is 3. The predicted octanol–water partition coefficient (Wildman–Crippen LogP) is 4.10. The summed E-state index contributed by atoms with van der Waals surface area (Å²) in [6, 6.07) is 18.3. The number of carbonyl (C=O) groups excluding carboxylic acids is 1. The second-order valence-corrected chi connectivity index (χ2v) is 8.47. The van der Waals surface area contributed by atoms with Crippen LogP contribution in [0.5, 0.6) is 0 Å². The molecule has 0 saturated heterocycles. The Morgan fingerprint density at radius 2 is 1.79 bits per heavy atom. The number of nitrogens with one attached hydrogen (secondary N) is 2. The van der Waals surface area contributed by atoms with Crippen LogP contribution in [0.4, 0.5) is 0 Å². The van der Waals surface area contributed by atoms with E-state index in [1.54, 1.807) is 10.8 Å². The molecule has 0 atom stereocenters. The molecule has 0 spiro atoms. The van der Waals surface area contributed by atoms with Gasteiger partial charge in [0.15, 0.2) is 4.77 Å². The highest BCUT2D eigenvalue weighted by molar-refractivity contribution is 7.71. The quantitative estimate of drug-likeness (QED) is 0.627. The van der Waals surface area contributed by atoms with E-state index in [0.29, 0.717) is 17.0 Å². The zero-order chi connectivity index (χ0) is 20.4. The van der Waals surface area contributed by atoms with Crippen LogP contribution in [0, 0.1) is 4.77 Å². The number of para-hydroxylation sites is 1. The van der Waals surface area contributed by atoms with Crippen molar-refractivity contribution in [1.29, 1.82) is 0 Å². The minimum atomic E-state index is -0.159. The lowest BCUT2D eigenvalue weighted by Crippen LogP contribution is -2.53. The van der Waals surface area contributed by atoms with Crippen LogP contribution in [-0.2, 0) is 13.0 Å². The van der Waals surface area contributed by atoms with Crippen LogP contribution in [0.25, 0.3) is 5.69 Å². The number of hydrogen-bond donors (Lipinski definition) is 2. The molecule has 29 heavy (non-hydrogen) atoms. The molecule has 1 aliphatic heterocycles. The van der Waals surface area contributed by atoms with Gasteiger partial charge < -0.3 is 10.3 Å². The van der Waals surface area contributed by atoms with Crippen LogP contribution in [0.15, 0.2) is 60.8 Å². The molecule has 2 aromatic carbocycles. The van der Waals surface area contributed by atoms with Gasteiger partial charge in [-0.15, -0.1) is 0 Å². The van der Waals surface area contributed by atoms with Gasteiger partial charge in [0, 0.05) is 37.1 Å². The van der Waals surface area contributed by atoms with Crippen molar-refractivity contribution >= 4 is 18.1 Å². The number of H-pyrrole nitrogens is 1. The number of imidazole rings is 1. The van der Waals surface area contributed by atoms with Crippen molar-refractivity contribution in [3.63, 3.8) is 0 Å². The van der Waals surface area contributed by atoms with E-state index < -0.39 is 0 Å². The lowest BCUT2D eigenvalue weighted by atomic mass is 9.94. The first kappa shape index (κ1) is 19.6. The van der Waals surface area contributed by atoms with Gasteiger partial charge in [0.1, 0.15) is 5.69 Å². The molecule has 2 N–H and O–H groups in total. The van der Waals surface area contributed by atoms with Crippen molar-refractivity contribution in [1.82, 2.24) is 19.8 Å². The van der Waals surface area contributed by atoms with Crippen LogP contribution < -0.4 is 5.32 Å². The number of rotatable bonds is 5. The molecule has 1 amide bonds. The number of fused-ring (bicyclic) bond motifs is 1. The maximum Gasteiger partial charge on any atom is 0.269 e. The average molecular weight is 407 g/mol. The lowest BCUT2D eigenvalue weighted by Gasteiger charge is -2.41. The minimum absolute atomic E-state index is 0.133. The SMILES string of the molecule is CC(C)(CNC(=O)c1c[nH]c(=S)n1-c1ccccc1)N1CCc2ccccc2C1. The summed E-state index contributed by atoms with van der Waals surface area (Å²) in [5.41, 5.74) is 4.03. The van der Waals surface area contributed by atoms with E-state index in [4.69, 9.17) is 12.2 Å². The molecule has 1 aromatic heterocycles. The normalized spacial score (nSPS) is 14.4. The molecule has 3 aromatic rings. The highest BCUT2D eigenvalue weighted by Gasteiger charge is 2.30. The molecule has 150 valence electrons. The lowest BCUT2D eigenvalue weighted by molar-refractivity contribution is 0.0821. The smallest absolute Gasteiger partial charge is 0.269 e. The molecule has 4 rings (SSSR count). The third kappa shape index (κ3) is 4.04. The van der Waals surface area contributed by atoms with Gasteiger partial charge in [-0.25, -0.2) is 0 Å². The first-order valence-electron chi connectivity index (χ1n) is 9.91. The summed E-state index contributed by atoms with van der Waals surface area (Å²) in [5.74, 6) is -0.133. The highest BCUT2D eigenvalue weighted by Crippen LogP contribution is 2.25. The first-order chi connectivity index (χ1) is 14.0. The van der Waals surface area contributed by atoms with Crippen molar-refractivity contribution in [3.8, 4) is 5.69 Å². The minimum Gasteiger partial charge on any atom is -0.349 e. The van der Waals surface area contributed by atoms with E-state index in [1.807, 2.05) is 30.3 Å². The van der Waals surface area contributed by atoms with E-state index in [9.17, 15) is 4.79 Å². The first-order valence-corrected chi connectivity index (χ1v) is 10.3. The molecule has 2 heterocycles. The van der Waals surface area contributed by atoms with Gasteiger partial charge >= 0.3 is 0 Å². The van der Waals surface area contributed by atoms with Gasteiger partial charge in [0.25, 0.3) is 5.91 Å². The second kappa shape index (κ2) is 7.97. The Kier molecular flexibility index (Phi) is 5.39. The van der Waals surface area contributed by atoms with E-state index in [-0.39, 0.29) is 11.4 Å². The van der Waals surface area contributed by atoms with E-state index in [0.717, 1.165) is 25.2 Å². The van der Waals surface area contributed by atoms with Crippen LogP contribution in [-0.4, -0.2) is 39.0 Å². The van der Waals surface area contributed by atoms with Gasteiger partial charge in [-0.05, 0) is 55.7 Å². The summed E-state index contributed by atoms with van der Waals surface area (Å²) in [4.78, 5) is 18.4. The van der Waals surface area contributed by atoms with Crippen LogP contribution in [0.1, 0.15) is 35.5 Å². The Balaban J connectivity index is 1.47. The predicted molar refractivity (Wildman–Crippen MR) is 118 cm³/mol. The Morgan fingerprint density at radius 3 is 2.55 bits per heavy atom. The van der Waals surface area contributed by atoms with E-state index in [1.165, 1.54) is 11.1 Å². The molecule has 6 heteroatoms. The number of aromatic amines is 1. The zero-order valence-electron chi connectivity index (χ0n) is 16.8. The molecule has 0 fully saturated rings. The van der Waals surface area contributed by atoms with Crippen molar-refractivity contribution in [3.05, 3.63) is 82.4 Å². The molecule has 0 unspecified atom stereocenters. The fraction of sp³-hybridized carbons (Fsp3) is 0.304. The fourth-order valence-electron chi connectivity index (χ4n) is 3.88. The Labute approximate surface area is 176 Å². The van der Waals surface area contributed by atoms with Crippen molar-refractivity contribution < 1.29 is 4.79 Å². The number of carbonyl (C=O) groups is 1. The summed E-state index contributed by atoms with van der Waals surface area (Å²) in [6.07, 6.45) is 2.72. The summed E-state index contributed by atoms with van der Waals surface area (Å²) in [5, 5.41) is 3.12. The summed E-state index contributed by atoms with van der Waals surface area (Å²) < 4.78 is 2.28. The topological polar surface area (TPSA) is 53.1 Å². The number of benzene rings is 2. The van der Waals surface area contributed by atoms with Crippen molar-refractivity contribution in [2.24, 2.45) is 0 Å². The maximum absolute atomic E-state index is 13.0. The summed E-state index contributed by atoms with van der Waals surface area (Å²) in [6.45, 7) is 6.82. The molecule has 0 saturated carbocycles. The molecular weight excluding hydrogens is 380 g/mol. The number of amides is 1. The largest absolute Gasteiger partial charge is 0.349 e. The molecule has 0 radical (unpaired) electrons. The molecule has 5 nitrogen and oxygen atoms in total. The van der Waals surface area contributed by atoms with Gasteiger partial charge in [-0.1, -0.05) is 42.5 Å². The molecule has 0 aliphatic carbocycles. The standard InChI is InChI=1S/C23H26N4OS/c1-23(2,26-13-12-17-8-6-7-9-18(17)15-26)16-25-21(28)20-14-24-22(29)27(20)19-10-4-3-5-11-19/h3-11,14H,12-13,15-16H2,1-2H3,(H,24,29)(H,25,28). The Morgan fingerprint density at radius 1 is 1.10 bits per heavy atom.